The zero-order chi connectivity index (χ0) is 9.26. The standard InChI is InChI=1S/C11H13BrO/c1-13-7-8-5-6-10-9(8)3-2-4-11(10)12/h2-4,8H,5-7H2,1H3. The van der Waals surface area contributed by atoms with Crippen LogP contribution in [0.5, 0.6) is 0 Å². The van der Waals surface area contributed by atoms with Gasteiger partial charge in [-0.2, -0.15) is 0 Å². The van der Waals surface area contributed by atoms with Crippen molar-refractivity contribution in [1.29, 1.82) is 0 Å². The van der Waals surface area contributed by atoms with Crippen molar-refractivity contribution in [2.45, 2.75) is 18.8 Å². The highest BCUT2D eigenvalue weighted by Crippen LogP contribution is 2.36. The number of hydrogen-bond donors (Lipinski definition) is 0. The second-order valence-corrected chi connectivity index (χ2v) is 4.35. The molecule has 1 atom stereocenters. The van der Waals surface area contributed by atoms with Gasteiger partial charge in [0.25, 0.3) is 0 Å². The highest BCUT2D eigenvalue weighted by molar-refractivity contribution is 9.10. The van der Waals surface area contributed by atoms with Crippen LogP contribution in [0, 0.1) is 0 Å². The summed E-state index contributed by atoms with van der Waals surface area (Å²) in [6, 6.07) is 6.45. The maximum absolute atomic E-state index is 5.21. The number of hydrogen-bond acceptors (Lipinski definition) is 1. The molecule has 1 unspecified atom stereocenters. The Hall–Kier alpha value is -0.340. The van der Waals surface area contributed by atoms with Crippen molar-refractivity contribution in [3.63, 3.8) is 0 Å². The van der Waals surface area contributed by atoms with Gasteiger partial charge >= 0.3 is 0 Å². The minimum Gasteiger partial charge on any atom is -0.384 e. The lowest BCUT2D eigenvalue weighted by Crippen LogP contribution is -2.01. The van der Waals surface area contributed by atoms with Gasteiger partial charge in [-0.25, -0.2) is 0 Å². The third-order valence-electron chi connectivity index (χ3n) is 2.71. The van der Waals surface area contributed by atoms with E-state index in [-0.39, 0.29) is 0 Å². The van der Waals surface area contributed by atoms with E-state index >= 15 is 0 Å². The van der Waals surface area contributed by atoms with Gasteiger partial charge in [0.1, 0.15) is 0 Å². The Morgan fingerprint density at radius 2 is 2.38 bits per heavy atom. The van der Waals surface area contributed by atoms with Gasteiger partial charge in [-0.1, -0.05) is 28.1 Å². The molecule has 0 saturated heterocycles. The summed E-state index contributed by atoms with van der Waals surface area (Å²) in [5.74, 6) is 0.609. The molecule has 0 aliphatic heterocycles. The summed E-state index contributed by atoms with van der Waals surface area (Å²) in [6.07, 6.45) is 2.41. The molecule has 2 heteroatoms. The van der Waals surface area contributed by atoms with Crippen molar-refractivity contribution >= 4 is 15.9 Å². The molecule has 1 nitrogen and oxygen atoms in total. The van der Waals surface area contributed by atoms with Crippen molar-refractivity contribution < 1.29 is 4.74 Å². The highest BCUT2D eigenvalue weighted by Gasteiger charge is 2.23. The summed E-state index contributed by atoms with van der Waals surface area (Å²) >= 11 is 3.59. The summed E-state index contributed by atoms with van der Waals surface area (Å²) in [7, 11) is 1.77. The van der Waals surface area contributed by atoms with Gasteiger partial charge in [0, 0.05) is 17.5 Å². The molecule has 0 radical (unpaired) electrons. The fourth-order valence-electron chi connectivity index (χ4n) is 2.07. The lowest BCUT2D eigenvalue weighted by molar-refractivity contribution is 0.179. The maximum Gasteiger partial charge on any atom is 0.0531 e. The van der Waals surface area contributed by atoms with E-state index in [1.807, 2.05) is 0 Å². The van der Waals surface area contributed by atoms with E-state index in [1.54, 1.807) is 7.11 Å². The van der Waals surface area contributed by atoms with Crippen molar-refractivity contribution in [2.75, 3.05) is 13.7 Å². The molecule has 1 aliphatic carbocycles. The van der Waals surface area contributed by atoms with Crippen LogP contribution in [0.4, 0.5) is 0 Å². The van der Waals surface area contributed by atoms with Gasteiger partial charge in [0.05, 0.1) is 6.61 Å². The van der Waals surface area contributed by atoms with Gasteiger partial charge in [0.15, 0.2) is 0 Å². The summed E-state index contributed by atoms with van der Waals surface area (Å²) in [4.78, 5) is 0. The average molecular weight is 241 g/mol. The Morgan fingerprint density at radius 1 is 1.54 bits per heavy atom. The molecule has 0 heterocycles. The monoisotopic (exact) mass is 240 g/mol. The molecule has 13 heavy (non-hydrogen) atoms. The summed E-state index contributed by atoms with van der Waals surface area (Å²) in [6.45, 7) is 0.851. The van der Waals surface area contributed by atoms with Crippen LogP contribution in [0.3, 0.4) is 0 Å². The van der Waals surface area contributed by atoms with Gasteiger partial charge in [-0.3, -0.25) is 0 Å². The van der Waals surface area contributed by atoms with Crippen LogP contribution in [0.25, 0.3) is 0 Å². The van der Waals surface area contributed by atoms with E-state index in [2.05, 4.69) is 34.1 Å². The molecule has 1 aliphatic rings. The predicted octanol–water partition coefficient (Wildman–Crippen LogP) is 3.13. The first-order chi connectivity index (χ1) is 6.33. The van der Waals surface area contributed by atoms with Gasteiger partial charge < -0.3 is 4.74 Å². The zero-order valence-electron chi connectivity index (χ0n) is 7.72. The summed E-state index contributed by atoms with van der Waals surface area (Å²) in [5, 5.41) is 0. The Bertz CT molecular complexity index is 309. The molecule has 0 N–H and O–H groups in total. The SMILES string of the molecule is COCC1CCc2c(Br)cccc21. The first-order valence-electron chi connectivity index (χ1n) is 4.59. The fourth-order valence-corrected chi connectivity index (χ4v) is 2.65. The molecule has 0 bridgehead atoms. The first-order valence-corrected chi connectivity index (χ1v) is 5.38. The molecule has 0 saturated carbocycles. The molecule has 0 amide bonds. The Labute approximate surface area is 87.2 Å². The van der Waals surface area contributed by atoms with Crippen molar-refractivity contribution in [1.82, 2.24) is 0 Å². The number of fused-ring (bicyclic) bond motifs is 1. The van der Waals surface area contributed by atoms with E-state index in [4.69, 9.17) is 4.74 Å². The van der Waals surface area contributed by atoms with Gasteiger partial charge in [-0.15, -0.1) is 0 Å². The number of ether oxygens (including phenoxy) is 1. The smallest absolute Gasteiger partial charge is 0.0531 e. The van der Waals surface area contributed by atoms with Crippen LogP contribution in [0.1, 0.15) is 23.5 Å². The van der Waals surface area contributed by atoms with E-state index in [0.29, 0.717) is 5.92 Å². The van der Waals surface area contributed by atoms with E-state index in [9.17, 15) is 0 Å². The third kappa shape index (κ3) is 1.65. The van der Waals surface area contributed by atoms with E-state index in [1.165, 1.54) is 28.4 Å². The molecule has 0 spiro atoms. The molecule has 1 aromatic rings. The van der Waals surface area contributed by atoms with E-state index < -0.39 is 0 Å². The van der Waals surface area contributed by atoms with Crippen LogP contribution >= 0.6 is 15.9 Å². The van der Waals surface area contributed by atoms with Crippen molar-refractivity contribution in [3.8, 4) is 0 Å². The van der Waals surface area contributed by atoms with Crippen LogP contribution in [0.2, 0.25) is 0 Å². The Morgan fingerprint density at radius 3 is 3.15 bits per heavy atom. The Balaban J connectivity index is 2.32. The normalized spacial score (nSPS) is 20.3. The molecule has 0 fully saturated rings. The topological polar surface area (TPSA) is 9.23 Å². The second kappa shape index (κ2) is 3.81. The average Bonchev–Trinajstić information content (AvgIpc) is 2.51. The van der Waals surface area contributed by atoms with Gasteiger partial charge in [-0.05, 0) is 30.0 Å². The van der Waals surface area contributed by atoms with Gasteiger partial charge in [0.2, 0.25) is 0 Å². The predicted molar refractivity (Wildman–Crippen MR) is 57.1 cm³/mol. The molecular weight excluding hydrogens is 228 g/mol. The quantitative estimate of drug-likeness (QED) is 0.772. The molecular formula is C11H13BrO. The molecule has 0 aromatic heterocycles. The van der Waals surface area contributed by atoms with E-state index in [0.717, 1.165) is 6.61 Å². The van der Waals surface area contributed by atoms with Crippen molar-refractivity contribution in [3.05, 3.63) is 33.8 Å². The largest absolute Gasteiger partial charge is 0.384 e. The Kier molecular flexibility index (Phi) is 2.70. The molecule has 70 valence electrons. The number of methoxy groups -OCH3 is 1. The maximum atomic E-state index is 5.21. The molecule has 2 rings (SSSR count). The minimum absolute atomic E-state index is 0.609. The van der Waals surface area contributed by atoms with Crippen LogP contribution in [-0.2, 0) is 11.2 Å². The van der Waals surface area contributed by atoms with Crippen LogP contribution in [0.15, 0.2) is 22.7 Å². The highest BCUT2D eigenvalue weighted by atomic mass is 79.9. The first kappa shape index (κ1) is 9.22. The van der Waals surface area contributed by atoms with Crippen LogP contribution < -0.4 is 0 Å². The fraction of sp³-hybridized carbons (Fsp3) is 0.455. The van der Waals surface area contributed by atoms with Crippen LogP contribution in [-0.4, -0.2) is 13.7 Å². The lowest BCUT2D eigenvalue weighted by atomic mass is 10.0. The second-order valence-electron chi connectivity index (χ2n) is 3.50. The number of benzene rings is 1. The lowest BCUT2D eigenvalue weighted by Gasteiger charge is -2.09. The zero-order valence-corrected chi connectivity index (χ0v) is 9.30. The summed E-state index contributed by atoms with van der Waals surface area (Å²) in [5.41, 5.74) is 2.95. The summed E-state index contributed by atoms with van der Waals surface area (Å²) < 4.78 is 6.46. The number of halogens is 1. The number of rotatable bonds is 2. The minimum atomic E-state index is 0.609. The molecule has 1 aromatic carbocycles. The third-order valence-corrected chi connectivity index (χ3v) is 3.45. The van der Waals surface area contributed by atoms with Crippen molar-refractivity contribution in [2.24, 2.45) is 0 Å².